The molecule has 0 amide bonds. The van der Waals surface area contributed by atoms with Crippen molar-refractivity contribution < 1.29 is 22.9 Å². The Morgan fingerprint density at radius 2 is 0.812 bits per heavy atom. The second kappa shape index (κ2) is 22.6. The van der Waals surface area contributed by atoms with Crippen molar-refractivity contribution in [3.05, 3.63) is 0 Å². The van der Waals surface area contributed by atoms with Crippen molar-refractivity contribution in [3.8, 4) is 0 Å². The van der Waals surface area contributed by atoms with E-state index in [4.69, 9.17) is 4.55 Å². The lowest BCUT2D eigenvalue weighted by molar-refractivity contribution is -0.890. The van der Waals surface area contributed by atoms with E-state index in [2.05, 4.69) is 21.0 Å². The average molecular weight is 480 g/mol. The molecule has 0 fully saturated rings. The van der Waals surface area contributed by atoms with Crippen molar-refractivity contribution in [1.29, 1.82) is 0 Å². The number of unbranched alkanes of at least 4 members (excludes halogenated alkanes) is 18. The minimum absolute atomic E-state index is 0. The van der Waals surface area contributed by atoms with Crippen molar-refractivity contribution >= 4 is 10.1 Å². The highest BCUT2D eigenvalue weighted by atomic mass is 32.2. The molecule has 5 nitrogen and oxygen atoms in total. The Hall–Kier alpha value is -0.170. The fourth-order valence-electron chi connectivity index (χ4n) is 4.41. The molecule has 0 bridgehead atoms. The molecule has 0 spiro atoms. The van der Waals surface area contributed by atoms with Gasteiger partial charge in [-0.25, -0.2) is 0 Å². The van der Waals surface area contributed by atoms with E-state index in [1.165, 1.54) is 122 Å². The summed E-state index contributed by atoms with van der Waals surface area (Å²) in [6, 6.07) is 0. The van der Waals surface area contributed by atoms with Gasteiger partial charge in [-0.1, -0.05) is 116 Å². The van der Waals surface area contributed by atoms with Gasteiger partial charge in [-0.15, -0.1) is 0 Å². The molecule has 0 aliphatic rings. The topological polar surface area (TPSA) is 84.4 Å². The van der Waals surface area contributed by atoms with Crippen LogP contribution in [0.1, 0.15) is 135 Å². The van der Waals surface area contributed by atoms with Crippen molar-refractivity contribution in [2.45, 2.75) is 135 Å². The first-order chi connectivity index (χ1) is 14.8. The maximum atomic E-state index is 10.8. The Kier molecular flexibility index (Phi) is 24.0. The Labute approximate surface area is 201 Å². The summed E-state index contributed by atoms with van der Waals surface area (Å²) in [5.74, 6) is -0.117. The van der Waals surface area contributed by atoms with Gasteiger partial charge in [0.15, 0.2) is 0 Å². The SMILES string of the molecule is CCCCCCCCCCCCCCCCCCCCC[N+](C)(C)CCCS(=O)(=O)O.[OH-]. The van der Waals surface area contributed by atoms with Crippen molar-refractivity contribution in [3.63, 3.8) is 0 Å². The molecule has 2 N–H and O–H groups in total. The van der Waals surface area contributed by atoms with Crippen LogP contribution in [0, 0.1) is 0 Å². The zero-order chi connectivity index (χ0) is 23.3. The van der Waals surface area contributed by atoms with Crippen LogP contribution in [0.15, 0.2) is 0 Å². The molecule has 0 saturated heterocycles. The van der Waals surface area contributed by atoms with E-state index in [0.29, 0.717) is 6.42 Å². The first kappa shape index (κ1) is 34.0. The lowest BCUT2D eigenvalue weighted by Crippen LogP contribution is -2.41. The number of nitrogens with zero attached hydrogens (tertiary/aromatic N) is 1. The normalized spacial score (nSPS) is 12.1. The molecule has 0 atom stereocenters. The Morgan fingerprint density at radius 3 is 1.12 bits per heavy atom. The maximum Gasteiger partial charge on any atom is 0.265 e. The van der Waals surface area contributed by atoms with Gasteiger partial charge in [0.05, 0.1) is 32.9 Å². The van der Waals surface area contributed by atoms with Crippen molar-refractivity contribution in [2.75, 3.05) is 32.9 Å². The lowest BCUT2D eigenvalue weighted by Gasteiger charge is -2.29. The van der Waals surface area contributed by atoms with E-state index >= 15 is 0 Å². The van der Waals surface area contributed by atoms with Gasteiger partial charge in [-0.05, 0) is 12.8 Å². The third-order valence-electron chi connectivity index (χ3n) is 6.53. The lowest BCUT2D eigenvalue weighted by atomic mass is 10.0. The highest BCUT2D eigenvalue weighted by molar-refractivity contribution is 7.85. The van der Waals surface area contributed by atoms with Gasteiger partial charge in [0.2, 0.25) is 0 Å². The third kappa shape index (κ3) is 27.9. The minimum Gasteiger partial charge on any atom is -0.870 e. The molecule has 196 valence electrons. The smallest absolute Gasteiger partial charge is 0.265 e. The van der Waals surface area contributed by atoms with Crippen LogP contribution in [0.3, 0.4) is 0 Å². The monoisotopic (exact) mass is 479 g/mol. The third-order valence-corrected chi connectivity index (χ3v) is 7.34. The number of hydrogen-bond donors (Lipinski definition) is 1. The summed E-state index contributed by atoms with van der Waals surface area (Å²) in [6.45, 7) is 4.18. The summed E-state index contributed by atoms with van der Waals surface area (Å²) >= 11 is 0. The molecule has 0 aromatic rings. The van der Waals surface area contributed by atoms with Gasteiger partial charge < -0.3 is 9.96 Å². The van der Waals surface area contributed by atoms with Crippen LogP contribution in [0.5, 0.6) is 0 Å². The summed E-state index contributed by atoms with van der Waals surface area (Å²) in [5.41, 5.74) is 0. The molecule has 0 unspecified atom stereocenters. The molecule has 0 aromatic carbocycles. The molecular weight excluding hydrogens is 422 g/mol. The maximum absolute atomic E-state index is 10.8. The van der Waals surface area contributed by atoms with E-state index in [9.17, 15) is 8.42 Å². The van der Waals surface area contributed by atoms with Gasteiger partial charge in [-0.3, -0.25) is 4.55 Å². The standard InChI is InChI=1S/C26H55NO3S.H2O/c1-4-5-6-7-8-9-10-11-12-13-14-15-16-17-18-19-20-21-22-24-27(2,3)25-23-26-31(28,29)30;/h4-26H2,1-3H3;1H2. The van der Waals surface area contributed by atoms with Gasteiger partial charge in [0.25, 0.3) is 10.1 Å². The molecule has 0 aliphatic carbocycles. The van der Waals surface area contributed by atoms with Crippen LogP contribution in [-0.4, -0.2) is 55.9 Å². The highest BCUT2D eigenvalue weighted by Crippen LogP contribution is 2.15. The summed E-state index contributed by atoms with van der Waals surface area (Å²) in [6.07, 6.45) is 27.1. The number of hydrogen-bond acceptors (Lipinski definition) is 3. The van der Waals surface area contributed by atoms with Crippen LogP contribution in [0.25, 0.3) is 0 Å². The van der Waals surface area contributed by atoms with Crippen LogP contribution in [0.2, 0.25) is 0 Å². The van der Waals surface area contributed by atoms with Crippen molar-refractivity contribution in [1.82, 2.24) is 0 Å². The second-order valence-corrected chi connectivity index (χ2v) is 12.0. The number of rotatable bonds is 24. The summed E-state index contributed by atoms with van der Waals surface area (Å²) < 4.78 is 31.3. The van der Waals surface area contributed by atoms with Gasteiger partial charge >= 0.3 is 0 Å². The van der Waals surface area contributed by atoms with E-state index in [1.54, 1.807) is 0 Å². The Balaban J connectivity index is 0. The summed E-state index contributed by atoms with van der Waals surface area (Å²) in [4.78, 5) is 0. The van der Waals surface area contributed by atoms with Gasteiger partial charge in [0, 0.05) is 6.42 Å². The molecule has 0 aromatic heterocycles. The molecule has 6 heteroatoms. The zero-order valence-electron chi connectivity index (χ0n) is 21.8. The van der Waals surface area contributed by atoms with E-state index < -0.39 is 10.1 Å². The molecule has 32 heavy (non-hydrogen) atoms. The largest absolute Gasteiger partial charge is 0.870 e. The van der Waals surface area contributed by atoms with Crippen LogP contribution in [0.4, 0.5) is 0 Å². The zero-order valence-corrected chi connectivity index (χ0v) is 22.6. The molecule has 0 saturated carbocycles. The molecule has 0 heterocycles. The predicted molar refractivity (Wildman–Crippen MR) is 138 cm³/mol. The van der Waals surface area contributed by atoms with Gasteiger partial charge in [-0.2, -0.15) is 8.42 Å². The molecule has 0 aliphatic heterocycles. The molecular formula is C26H57NO4S. The van der Waals surface area contributed by atoms with E-state index in [0.717, 1.165) is 17.6 Å². The fourth-order valence-corrected chi connectivity index (χ4v) is 4.90. The first-order valence-electron chi connectivity index (χ1n) is 13.5. The predicted octanol–water partition coefficient (Wildman–Crippen LogP) is 7.60. The van der Waals surface area contributed by atoms with Gasteiger partial charge in [0.1, 0.15) is 0 Å². The average Bonchev–Trinajstić information content (AvgIpc) is 2.68. The second-order valence-electron chi connectivity index (χ2n) is 10.4. The van der Waals surface area contributed by atoms with E-state index in [-0.39, 0.29) is 11.2 Å². The molecule has 0 rings (SSSR count). The Bertz CT molecular complexity index is 480. The summed E-state index contributed by atoms with van der Waals surface area (Å²) in [7, 11) is 0.492. The minimum atomic E-state index is -3.81. The fraction of sp³-hybridized carbons (Fsp3) is 1.00. The van der Waals surface area contributed by atoms with Crippen LogP contribution in [-0.2, 0) is 10.1 Å². The van der Waals surface area contributed by atoms with Crippen molar-refractivity contribution in [2.24, 2.45) is 0 Å². The number of quaternary nitrogens is 1. The van der Waals surface area contributed by atoms with E-state index in [1.807, 2.05) is 0 Å². The van der Waals surface area contributed by atoms with Crippen LogP contribution >= 0.6 is 0 Å². The first-order valence-corrected chi connectivity index (χ1v) is 15.1. The molecule has 0 radical (unpaired) electrons. The summed E-state index contributed by atoms with van der Waals surface area (Å²) in [5, 5.41) is 0. The highest BCUT2D eigenvalue weighted by Gasteiger charge is 2.16. The quantitative estimate of drug-likeness (QED) is 0.0877. The van der Waals surface area contributed by atoms with Crippen LogP contribution < -0.4 is 0 Å². The Morgan fingerprint density at radius 1 is 0.531 bits per heavy atom.